The number of nitrogens with zero attached hydrogens (tertiary/aromatic N) is 2. The van der Waals surface area contributed by atoms with E-state index >= 15 is 0 Å². The summed E-state index contributed by atoms with van der Waals surface area (Å²) >= 11 is 0. The summed E-state index contributed by atoms with van der Waals surface area (Å²) in [6, 6.07) is 5.65. The Balaban J connectivity index is 1.76. The number of ether oxygens (including phenoxy) is 2. The first-order valence-corrected chi connectivity index (χ1v) is 8.65. The molecule has 1 aliphatic rings. The van der Waals surface area contributed by atoms with E-state index in [2.05, 4.69) is 29.0 Å². The molecule has 142 valence electrons. The van der Waals surface area contributed by atoms with Gasteiger partial charge >= 0.3 is 6.36 Å². The summed E-state index contributed by atoms with van der Waals surface area (Å²) < 4.78 is 48.4. The largest absolute Gasteiger partial charge is 0.573 e. The van der Waals surface area contributed by atoms with E-state index in [0.717, 1.165) is 31.5 Å². The predicted octanol–water partition coefficient (Wildman–Crippen LogP) is 4.62. The molecular weight excluding hydrogens is 347 g/mol. The monoisotopic (exact) mass is 369 g/mol. The number of piperidine rings is 1. The van der Waals surface area contributed by atoms with Crippen LogP contribution in [0.5, 0.6) is 17.4 Å². The lowest BCUT2D eigenvalue weighted by molar-refractivity contribution is -0.274. The lowest BCUT2D eigenvalue weighted by Crippen LogP contribution is -2.29. The van der Waals surface area contributed by atoms with E-state index in [1.165, 1.54) is 24.3 Å². The molecule has 5 nitrogen and oxygen atoms in total. The molecule has 26 heavy (non-hydrogen) atoms. The van der Waals surface area contributed by atoms with Crippen molar-refractivity contribution in [2.45, 2.75) is 45.0 Å². The van der Waals surface area contributed by atoms with Crippen molar-refractivity contribution in [3.05, 3.63) is 36.0 Å². The highest BCUT2D eigenvalue weighted by Gasteiger charge is 2.31. The zero-order chi connectivity index (χ0) is 18.7. The number of benzene rings is 1. The van der Waals surface area contributed by atoms with E-state index in [0.29, 0.717) is 17.7 Å². The zero-order valence-electron chi connectivity index (χ0n) is 14.7. The third kappa shape index (κ3) is 4.69. The molecule has 1 aliphatic heterocycles. The van der Waals surface area contributed by atoms with Gasteiger partial charge in [-0.3, -0.25) is 4.68 Å². The Kier molecular flexibility index (Phi) is 5.41. The van der Waals surface area contributed by atoms with Crippen LogP contribution in [0.3, 0.4) is 0 Å². The van der Waals surface area contributed by atoms with Crippen molar-refractivity contribution in [1.82, 2.24) is 15.1 Å². The van der Waals surface area contributed by atoms with Crippen LogP contribution in [0.4, 0.5) is 13.2 Å². The average Bonchev–Trinajstić information content (AvgIpc) is 3.00. The van der Waals surface area contributed by atoms with Crippen LogP contribution in [-0.2, 0) is 0 Å². The number of halogens is 3. The first kappa shape index (κ1) is 18.6. The van der Waals surface area contributed by atoms with E-state index in [9.17, 15) is 13.2 Å². The van der Waals surface area contributed by atoms with Crippen LogP contribution in [0, 0.1) is 0 Å². The molecule has 1 fully saturated rings. The Morgan fingerprint density at radius 2 is 1.73 bits per heavy atom. The third-order valence-electron chi connectivity index (χ3n) is 4.30. The lowest BCUT2D eigenvalue weighted by atomic mass is 10.1. The molecule has 0 amide bonds. The second kappa shape index (κ2) is 7.57. The quantitative estimate of drug-likeness (QED) is 0.835. The molecular formula is C18H22F3N3O2. The van der Waals surface area contributed by atoms with Gasteiger partial charge in [0.15, 0.2) is 0 Å². The van der Waals surface area contributed by atoms with E-state index in [1.807, 2.05) is 10.9 Å². The predicted molar refractivity (Wildman–Crippen MR) is 90.7 cm³/mol. The van der Waals surface area contributed by atoms with Gasteiger partial charge in [-0.1, -0.05) is 13.8 Å². The fourth-order valence-electron chi connectivity index (χ4n) is 2.94. The summed E-state index contributed by atoms with van der Waals surface area (Å²) in [4.78, 5) is 0. The topological polar surface area (TPSA) is 48.3 Å². The second-order valence-electron chi connectivity index (χ2n) is 6.63. The minimum atomic E-state index is -4.71. The summed E-state index contributed by atoms with van der Waals surface area (Å²) in [6.45, 7) is 6.02. The molecule has 1 saturated heterocycles. The second-order valence-corrected chi connectivity index (χ2v) is 6.63. The summed E-state index contributed by atoms with van der Waals surface area (Å²) in [5.74, 6) is 0.836. The van der Waals surface area contributed by atoms with Gasteiger partial charge in [0.25, 0.3) is 0 Å². The van der Waals surface area contributed by atoms with E-state index < -0.39 is 6.36 Å². The summed E-state index contributed by atoms with van der Waals surface area (Å²) in [6.07, 6.45) is -0.692. The van der Waals surface area contributed by atoms with E-state index in [1.54, 1.807) is 0 Å². The molecule has 0 unspecified atom stereocenters. The summed E-state index contributed by atoms with van der Waals surface area (Å²) in [5.41, 5.74) is 0.971. The average molecular weight is 369 g/mol. The standard InChI is InChI=1S/C18H22F3N3O2/c1-12(2)16-11-24(13-7-9-22-10-8-13)23-17(16)25-14-3-5-15(6-4-14)26-18(19,20)21/h3-6,11-13,22H,7-10H2,1-2H3. The smallest absolute Gasteiger partial charge is 0.437 e. The van der Waals surface area contributed by atoms with E-state index in [-0.39, 0.29) is 11.7 Å². The van der Waals surface area contributed by atoms with Crippen LogP contribution >= 0.6 is 0 Å². The van der Waals surface area contributed by atoms with Gasteiger partial charge < -0.3 is 14.8 Å². The van der Waals surface area contributed by atoms with Crippen molar-refractivity contribution in [2.24, 2.45) is 0 Å². The Morgan fingerprint density at radius 1 is 1.12 bits per heavy atom. The van der Waals surface area contributed by atoms with Gasteiger partial charge in [-0.05, 0) is 56.1 Å². The van der Waals surface area contributed by atoms with Crippen LogP contribution in [0.2, 0.25) is 0 Å². The highest BCUT2D eigenvalue weighted by molar-refractivity contribution is 5.36. The number of hydrogen-bond acceptors (Lipinski definition) is 4. The van der Waals surface area contributed by atoms with Crippen LogP contribution in [0.15, 0.2) is 30.5 Å². The molecule has 1 aromatic carbocycles. The van der Waals surface area contributed by atoms with Crippen molar-refractivity contribution < 1.29 is 22.6 Å². The number of alkyl halides is 3. The molecule has 2 aromatic rings. The van der Waals surface area contributed by atoms with Gasteiger partial charge in [0.2, 0.25) is 5.88 Å². The van der Waals surface area contributed by atoms with Gasteiger partial charge in [-0.25, -0.2) is 0 Å². The molecule has 2 heterocycles. The van der Waals surface area contributed by atoms with Crippen LogP contribution in [0.1, 0.15) is 44.2 Å². The minimum Gasteiger partial charge on any atom is -0.437 e. The lowest BCUT2D eigenvalue weighted by Gasteiger charge is -2.22. The molecule has 3 rings (SSSR count). The van der Waals surface area contributed by atoms with Crippen molar-refractivity contribution in [3.8, 4) is 17.4 Å². The number of hydrogen-bond donors (Lipinski definition) is 1. The van der Waals surface area contributed by atoms with Gasteiger partial charge in [0.1, 0.15) is 11.5 Å². The molecule has 0 spiro atoms. The van der Waals surface area contributed by atoms with Gasteiger partial charge in [0, 0.05) is 11.8 Å². The van der Waals surface area contributed by atoms with Crippen LogP contribution < -0.4 is 14.8 Å². The number of nitrogens with one attached hydrogen (secondary N) is 1. The minimum absolute atomic E-state index is 0.216. The summed E-state index contributed by atoms with van der Waals surface area (Å²) in [5, 5.41) is 7.91. The SMILES string of the molecule is CC(C)c1cn(C2CCNCC2)nc1Oc1ccc(OC(F)(F)F)cc1. The molecule has 0 bridgehead atoms. The van der Waals surface area contributed by atoms with Crippen molar-refractivity contribution >= 4 is 0 Å². The maximum absolute atomic E-state index is 12.2. The zero-order valence-corrected chi connectivity index (χ0v) is 14.7. The number of aromatic nitrogens is 2. The van der Waals surface area contributed by atoms with Crippen LogP contribution in [0.25, 0.3) is 0 Å². The maximum atomic E-state index is 12.2. The first-order valence-electron chi connectivity index (χ1n) is 8.65. The molecule has 0 atom stereocenters. The van der Waals surface area contributed by atoms with Gasteiger partial charge in [-0.15, -0.1) is 18.3 Å². The molecule has 1 aromatic heterocycles. The van der Waals surface area contributed by atoms with Crippen LogP contribution in [-0.4, -0.2) is 29.2 Å². The van der Waals surface area contributed by atoms with Gasteiger partial charge in [0.05, 0.1) is 6.04 Å². The maximum Gasteiger partial charge on any atom is 0.573 e. The Bertz CT molecular complexity index is 720. The number of rotatable bonds is 5. The van der Waals surface area contributed by atoms with E-state index in [4.69, 9.17) is 4.74 Å². The van der Waals surface area contributed by atoms with Gasteiger partial charge in [-0.2, -0.15) is 0 Å². The highest BCUT2D eigenvalue weighted by atomic mass is 19.4. The fraction of sp³-hybridized carbons (Fsp3) is 0.500. The highest BCUT2D eigenvalue weighted by Crippen LogP contribution is 2.33. The third-order valence-corrected chi connectivity index (χ3v) is 4.30. The normalized spacial score (nSPS) is 16.1. The molecule has 0 radical (unpaired) electrons. The van der Waals surface area contributed by atoms with Crippen molar-refractivity contribution in [1.29, 1.82) is 0 Å². The Hall–Kier alpha value is -2.22. The fourth-order valence-corrected chi connectivity index (χ4v) is 2.94. The molecule has 1 N–H and O–H groups in total. The Labute approximate surface area is 150 Å². The molecule has 8 heteroatoms. The van der Waals surface area contributed by atoms with Crippen molar-refractivity contribution in [3.63, 3.8) is 0 Å². The summed E-state index contributed by atoms with van der Waals surface area (Å²) in [7, 11) is 0. The Morgan fingerprint density at radius 3 is 2.31 bits per heavy atom. The first-order chi connectivity index (χ1) is 12.3. The molecule has 0 saturated carbocycles. The molecule has 0 aliphatic carbocycles. The van der Waals surface area contributed by atoms with Crippen molar-refractivity contribution in [2.75, 3.05) is 13.1 Å².